The lowest BCUT2D eigenvalue weighted by Crippen LogP contribution is -2.30. The van der Waals surface area contributed by atoms with E-state index >= 15 is 0 Å². The molecule has 2 atom stereocenters. The van der Waals surface area contributed by atoms with Crippen molar-refractivity contribution in [2.75, 3.05) is 5.32 Å². The van der Waals surface area contributed by atoms with E-state index < -0.39 is 0 Å². The van der Waals surface area contributed by atoms with Crippen LogP contribution in [0.5, 0.6) is 0 Å². The maximum Gasteiger partial charge on any atom is 0.0343 e. The lowest BCUT2D eigenvalue weighted by molar-refractivity contribution is 0.349. The third-order valence-corrected chi connectivity index (χ3v) is 6.27. The molecule has 0 saturated heterocycles. The fourth-order valence-corrected chi connectivity index (χ4v) is 4.82. The van der Waals surface area contributed by atoms with Crippen molar-refractivity contribution in [2.24, 2.45) is 5.92 Å². The molecule has 1 aromatic rings. The van der Waals surface area contributed by atoms with Crippen molar-refractivity contribution >= 4 is 17.4 Å². The summed E-state index contributed by atoms with van der Waals surface area (Å²) in [6, 6.07) is 9.84. The van der Waals surface area contributed by atoms with Crippen LogP contribution in [0, 0.1) is 5.92 Å². The Balaban J connectivity index is 1.55. The van der Waals surface area contributed by atoms with Crippen LogP contribution < -0.4 is 5.32 Å². The van der Waals surface area contributed by atoms with Gasteiger partial charge in [-0.25, -0.2) is 0 Å². The van der Waals surface area contributed by atoms with E-state index in [1.54, 1.807) is 0 Å². The minimum absolute atomic E-state index is 0.678. The lowest BCUT2D eigenvalue weighted by atomic mass is 9.86. The van der Waals surface area contributed by atoms with Crippen LogP contribution in [-0.2, 0) is 0 Å². The Bertz CT molecular complexity index is 408. The maximum absolute atomic E-state index is 3.74. The molecule has 2 aliphatic rings. The molecule has 1 aromatic carbocycles. The first kappa shape index (κ1) is 14.3. The van der Waals surface area contributed by atoms with Crippen LogP contribution in [-0.4, -0.2) is 11.3 Å². The molecule has 1 N–H and O–H groups in total. The molecule has 3 rings (SSSR count). The molecule has 2 aliphatic carbocycles. The minimum atomic E-state index is 0.678. The van der Waals surface area contributed by atoms with Crippen LogP contribution >= 0.6 is 11.8 Å². The Morgan fingerprint density at radius 1 is 0.900 bits per heavy atom. The van der Waals surface area contributed by atoms with Gasteiger partial charge in [0.2, 0.25) is 0 Å². The summed E-state index contributed by atoms with van der Waals surface area (Å²) in [6.07, 6.45) is 11.2. The van der Waals surface area contributed by atoms with Crippen molar-refractivity contribution in [3.63, 3.8) is 0 Å². The summed E-state index contributed by atoms with van der Waals surface area (Å²) in [5.41, 5.74) is 1.31. The summed E-state index contributed by atoms with van der Waals surface area (Å²) >= 11 is 2.08. The highest BCUT2D eigenvalue weighted by Crippen LogP contribution is 2.35. The molecular formula is C18H27NS. The Morgan fingerprint density at radius 3 is 2.25 bits per heavy atom. The smallest absolute Gasteiger partial charge is 0.0343 e. The molecule has 1 nitrogen and oxygen atoms in total. The number of nitrogens with one attached hydrogen (secondary N) is 1. The zero-order chi connectivity index (χ0) is 13.8. The number of rotatable bonds is 4. The van der Waals surface area contributed by atoms with Crippen LogP contribution in [0.3, 0.4) is 0 Å². The fraction of sp³-hybridized carbons (Fsp3) is 0.667. The Labute approximate surface area is 127 Å². The summed E-state index contributed by atoms with van der Waals surface area (Å²) in [7, 11) is 0. The van der Waals surface area contributed by atoms with Crippen LogP contribution in [0.1, 0.15) is 58.3 Å². The first-order valence-electron chi connectivity index (χ1n) is 8.34. The monoisotopic (exact) mass is 289 g/mol. The Kier molecular flexibility index (Phi) is 4.93. The quantitative estimate of drug-likeness (QED) is 0.761. The summed E-state index contributed by atoms with van der Waals surface area (Å²) in [6.45, 7) is 2.39. The van der Waals surface area contributed by atoms with Gasteiger partial charge < -0.3 is 5.32 Å². The highest BCUT2D eigenvalue weighted by Gasteiger charge is 2.21. The predicted molar refractivity (Wildman–Crippen MR) is 89.6 cm³/mol. The molecule has 0 radical (unpaired) electrons. The lowest BCUT2D eigenvalue weighted by Gasteiger charge is -2.30. The number of hydrogen-bond donors (Lipinski definition) is 1. The van der Waals surface area contributed by atoms with Crippen LogP contribution in [0.15, 0.2) is 29.2 Å². The van der Waals surface area contributed by atoms with Crippen molar-refractivity contribution < 1.29 is 0 Å². The largest absolute Gasteiger partial charge is 0.382 e. The van der Waals surface area contributed by atoms with E-state index in [0.29, 0.717) is 6.04 Å². The average molecular weight is 289 g/mol. The van der Waals surface area contributed by atoms with Gasteiger partial charge in [0, 0.05) is 21.9 Å². The number of thioether (sulfide) groups is 1. The van der Waals surface area contributed by atoms with E-state index in [1.165, 1.54) is 61.9 Å². The second-order valence-electron chi connectivity index (χ2n) is 6.56. The molecule has 2 fully saturated rings. The van der Waals surface area contributed by atoms with Gasteiger partial charge in [0.05, 0.1) is 0 Å². The third-order valence-electron chi connectivity index (χ3n) is 4.92. The summed E-state index contributed by atoms with van der Waals surface area (Å²) in [5, 5.41) is 4.61. The van der Waals surface area contributed by atoms with Gasteiger partial charge in [-0.2, -0.15) is 0 Å². The topological polar surface area (TPSA) is 12.0 Å². The van der Waals surface area contributed by atoms with Crippen molar-refractivity contribution in [3.05, 3.63) is 24.3 Å². The van der Waals surface area contributed by atoms with E-state index in [1.807, 2.05) is 0 Å². The van der Waals surface area contributed by atoms with Gasteiger partial charge in [0.15, 0.2) is 0 Å². The van der Waals surface area contributed by atoms with E-state index in [0.717, 1.165) is 11.2 Å². The second kappa shape index (κ2) is 6.89. The molecule has 0 heterocycles. The van der Waals surface area contributed by atoms with Crippen LogP contribution in [0.25, 0.3) is 0 Å². The van der Waals surface area contributed by atoms with Gasteiger partial charge in [0.1, 0.15) is 0 Å². The van der Waals surface area contributed by atoms with Gasteiger partial charge in [-0.3, -0.25) is 0 Å². The van der Waals surface area contributed by atoms with Crippen molar-refractivity contribution in [2.45, 2.75) is 74.5 Å². The molecule has 0 bridgehead atoms. The number of anilines is 1. The second-order valence-corrected chi connectivity index (χ2v) is 7.94. The van der Waals surface area contributed by atoms with Gasteiger partial charge in [-0.05, 0) is 55.9 Å². The summed E-state index contributed by atoms with van der Waals surface area (Å²) in [4.78, 5) is 1.44. The molecule has 2 unspecified atom stereocenters. The molecular weight excluding hydrogens is 262 g/mol. The molecule has 0 aliphatic heterocycles. The normalized spacial score (nSPS) is 27.6. The fourth-order valence-electron chi connectivity index (χ4n) is 3.57. The van der Waals surface area contributed by atoms with Gasteiger partial charge >= 0.3 is 0 Å². The molecule has 110 valence electrons. The van der Waals surface area contributed by atoms with Crippen molar-refractivity contribution in [1.29, 1.82) is 0 Å². The van der Waals surface area contributed by atoms with Crippen LogP contribution in [0.2, 0.25) is 0 Å². The molecule has 0 aromatic heterocycles. The predicted octanol–water partition coefficient (Wildman–Crippen LogP) is 5.71. The Morgan fingerprint density at radius 2 is 1.55 bits per heavy atom. The summed E-state index contributed by atoms with van der Waals surface area (Å²) < 4.78 is 0. The van der Waals surface area contributed by atoms with E-state index in [9.17, 15) is 0 Å². The SMILES string of the molecule is CC1CCCCC1Nc1ccc(SC2CCCC2)cc1. The van der Waals surface area contributed by atoms with Gasteiger partial charge in [-0.1, -0.05) is 32.6 Å². The first-order valence-corrected chi connectivity index (χ1v) is 9.22. The molecule has 2 heteroatoms. The minimum Gasteiger partial charge on any atom is -0.382 e. The number of benzene rings is 1. The molecule has 20 heavy (non-hydrogen) atoms. The summed E-state index contributed by atoms with van der Waals surface area (Å²) in [5.74, 6) is 0.816. The van der Waals surface area contributed by atoms with E-state index in [-0.39, 0.29) is 0 Å². The molecule has 0 amide bonds. The van der Waals surface area contributed by atoms with Crippen molar-refractivity contribution in [1.82, 2.24) is 0 Å². The first-order chi connectivity index (χ1) is 9.81. The zero-order valence-electron chi connectivity index (χ0n) is 12.6. The standard InChI is InChI=1S/C18H27NS/c1-14-6-2-5-9-18(14)19-15-10-12-17(13-11-15)20-16-7-3-4-8-16/h10-14,16,18-19H,2-9H2,1H3. The number of hydrogen-bond acceptors (Lipinski definition) is 2. The van der Waals surface area contributed by atoms with E-state index in [2.05, 4.69) is 48.3 Å². The zero-order valence-corrected chi connectivity index (χ0v) is 13.4. The Hall–Kier alpha value is -0.630. The van der Waals surface area contributed by atoms with Crippen molar-refractivity contribution in [3.8, 4) is 0 Å². The van der Waals surface area contributed by atoms with E-state index in [4.69, 9.17) is 0 Å². The average Bonchev–Trinajstić information content (AvgIpc) is 2.96. The highest BCUT2D eigenvalue weighted by atomic mass is 32.2. The molecule has 2 saturated carbocycles. The highest BCUT2D eigenvalue weighted by molar-refractivity contribution is 8.00. The third kappa shape index (κ3) is 3.72. The van der Waals surface area contributed by atoms with Gasteiger partial charge in [0.25, 0.3) is 0 Å². The molecule has 0 spiro atoms. The maximum atomic E-state index is 3.74. The van der Waals surface area contributed by atoms with Gasteiger partial charge in [-0.15, -0.1) is 11.8 Å². The van der Waals surface area contributed by atoms with Crippen LogP contribution in [0.4, 0.5) is 5.69 Å².